The van der Waals surface area contributed by atoms with Crippen molar-refractivity contribution in [3.05, 3.63) is 59.4 Å². The van der Waals surface area contributed by atoms with Crippen LogP contribution in [0, 0.1) is 5.82 Å². The van der Waals surface area contributed by atoms with E-state index in [-0.39, 0.29) is 11.7 Å². The van der Waals surface area contributed by atoms with Gasteiger partial charge in [-0.15, -0.1) is 0 Å². The first-order valence-electron chi connectivity index (χ1n) is 10.5. The number of imide groups is 1. The molecule has 2 heterocycles. The Bertz CT molecular complexity index is 910. The second kappa shape index (κ2) is 9.26. The Morgan fingerprint density at radius 3 is 2.60 bits per heavy atom. The fourth-order valence-corrected chi connectivity index (χ4v) is 4.02. The fourth-order valence-electron chi connectivity index (χ4n) is 4.02. The standard InChI is InChI=1S/C23H26FN3O3/c24-17-6-9-19(10-7-17)30-21-11-4-15(14-20-22(28)27-23(29)26-20)13-16(21)5-8-18-3-1-2-12-25-18/h4,6-7,9-11,13,18,20,25H,1-3,5,8,12,14H2,(H2,26,27,28,29). The van der Waals surface area contributed by atoms with Crippen molar-refractivity contribution >= 4 is 11.9 Å². The quantitative estimate of drug-likeness (QED) is 0.610. The molecule has 2 atom stereocenters. The molecule has 4 rings (SSSR count). The van der Waals surface area contributed by atoms with Gasteiger partial charge in [0.2, 0.25) is 0 Å². The Hall–Kier alpha value is -2.93. The molecule has 2 saturated heterocycles. The van der Waals surface area contributed by atoms with Crippen molar-refractivity contribution in [2.75, 3.05) is 6.54 Å². The van der Waals surface area contributed by atoms with Crippen molar-refractivity contribution < 1.29 is 18.7 Å². The summed E-state index contributed by atoms with van der Waals surface area (Å²) in [6.07, 6.45) is 5.87. The summed E-state index contributed by atoms with van der Waals surface area (Å²) in [4.78, 5) is 23.3. The topological polar surface area (TPSA) is 79.5 Å². The zero-order valence-electron chi connectivity index (χ0n) is 16.7. The van der Waals surface area contributed by atoms with Crippen LogP contribution in [-0.4, -0.2) is 30.6 Å². The second-order valence-electron chi connectivity index (χ2n) is 7.90. The van der Waals surface area contributed by atoms with Gasteiger partial charge in [0.25, 0.3) is 5.91 Å². The van der Waals surface area contributed by atoms with Crippen LogP contribution < -0.4 is 20.7 Å². The number of carbonyl (C=O) groups is 2. The molecule has 2 aromatic carbocycles. The SMILES string of the molecule is O=C1NC(=O)C(Cc2ccc(Oc3ccc(F)cc3)c(CCC3CCCCN3)c2)N1. The second-order valence-corrected chi connectivity index (χ2v) is 7.90. The number of nitrogens with one attached hydrogen (secondary N) is 3. The predicted molar refractivity (Wildman–Crippen MR) is 111 cm³/mol. The van der Waals surface area contributed by atoms with Gasteiger partial charge in [-0.05, 0) is 73.7 Å². The Labute approximate surface area is 175 Å². The van der Waals surface area contributed by atoms with E-state index in [1.807, 2.05) is 18.2 Å². The van der Waals surface area contributed by atoms with Crippen molar-refractivity contribution in [2.24, 2.45) is 0 Å². The van der Waals surface area contributed by atoms with Crippen LogP contribution in [0.15, 0.2) is 42.5 Å². The van der Waals surface area contributed by atoms with Crippen LogP contribution in [0.2, 0.25) is 0 Å². The summed E-state index contributed by atoms with van der Waals surface area (Å²) in [5, 5.41) is 8.47. The van der Waals surface area contributed by atoms with E-state index >= 15 is 0 Å². The number of carbonyl (C=O) groups excluding carboxylic acids is 2. The molecule has 2 fully saturated rings. The van der Waals surface area contributed by atoms with Crippen LogP contribution in [0.3, 0.4) is 0 Å². The zero-order valence-corrected chi connectivity index (χ0v) is 16.7. The molecule has 0 bridgehead atoms. The van der Waals surface area contributed by atoms with Crippen LogP contribution >= 0.6 is 0 Å². The lowest BCUT2D eigenvalue weighted by molar-refractivity contribution is -0.120. The molecule has 2 aromatic rings. The molecule has 3 N–H and O–H groups in total. The number of urea groups is 1. The van der Waals surface area contributed by atoms with Crippen molar-refractivity contribution in [1.82, 2.24) is 16.0 Å². The zero-order chi connectivity index (χ0) is 20.9. The minimum absolute atomic E-state index is 0.306. The monoisotopic (exact) mass is 411 g/mol. The van der Waals surface area contributed by atoms with Crippen LogP contribution in [0.4, 0.5) is 9.18 Å². The minimum atomic E-state index is -0.561. The molecule has 158 valence electrons. The molecule has 6 nitrogen and oxygen atoms in total. The molecule has 7 heteroatoms. The van der Waals surface area contributed by atoms with Gasteiger partial charge in [0.15, 0.2) is 0 Å². The van der Waals surface area contributed by atoms with E-state index in [9.17, 15) is 14.0 Å². The smallest absolute Gasteiger partial charge is 0.322 e. The molecule has 0 aromatic heterocycles. The number of benzene rings is 2. The average molecular weight is 411 g/mol. The number of aryl methyl sites for hydroxylation is 1. The van der Waals surface area contributed by atoms with Gasteiger partial charge in [0.1, 0.15) is 23.4 Å². The van der Waals surface area contributed by atoms with Crippen molar-refractivity contribution in [3.8, 4) is 11.5 Å². The first-order valence-corrected chi connectivity index (χ1v) is 10.5. The largest absolute Gasteiger partial charge is 0.457 e. The number of hydrogen-bond donors (Lipinski definition) is 3. The number of piperidine rings is 1. The van der Waals surface area contributed by atoms with Gasteiger partial charge in [-0.2, -0.15) is 0 Å². The van der Waals surface area contributed by atoms with Crippen LogP contribution in [0.1, 0.15) is 36.8 Å². The Morgan fingerprint density at radius 1 is 1.07 bits per heavy atom. The number of hydrogen-bond acceptors (Lipinski definition) is 4. The van der Waals surface area contributed by atoms with Gasteiger partial charge in [-0.3, -0.25) is 10.1 Å². The molecular formula is C23H26FN3O3. The highest BCUT2D eigenvalue weighted by atomic mass is 19.1. The third-order valence-corrected chi connectivity index (χ3v) is 5.64. The maximum absolute atomic E-state index is 13.2. The summed E-state index contributed by atoms with van der Waals surface area (Å²) in [5.74, 6) is 0.683. The van der Waals surface area contributed by atoms with Crippen LogP contribution in [0.5, 0.6) is 11.5 Å². The molecule has 0 aliphatic carbocycles. The molecule has 0 spiro atoms. The maximum atomic E-state index is 13.2. The predicted octanol–water partition coefficient (Wildman–Crippen LogP) is 3.44. The number of halogens is 1. The van der Waals surface area contributed by atoms with Gasteiger partial charge in [-0.25, -0.2) is 9.18 Å². The lowest BCUT2D eigenvalue weighted by atomic mass is 9.95. The Balaban J connectivity index is 1.51. The normalized spacial score (nSPS) is 21.2. The van der Waals surface area contributed by atoms with Gasteiger partial charge < -0.3 is 15.4 Å². The van der Waals surface area contributed by atoms with Crippen molar-refractivity contribution in [2.45, 2.75) is 50.6 Å². The molecule has 2 aliphatic heterocycles. The van der Waals surface area contributed by atoms with E-state index in [1.165, 1.54) is 31.4 Å². The summed E-state index contributed by atoms with van der Waals surface area (Å²) >= 11 is 0. The third-order valence-electron chi connectivity index (χ3n) is 5.64. The van der Waals surface area contributed by atoms with Crippen LogP contribution in [0.25, 0.3) is 0 Å². The van der Waals surface area contributed by atoms with E-state index in [4.69, 9.17) is 4.74 Å². The van der Waals surface area contributed by atoms with Gasteiger partial charge >= 0.3 is 6.03 Å². The van der Waals surface area contributed by atoms with E-state index in [2.05, 4.69) is 16.0 Å². The maximum Gasteiger partial charge on any atom is 0.322 e. The first-order chi connectivity index (χ1) is 14.6. The highest BCUT2D eigenvalue weighted by molar-refractivity contribution is 6.04. The summed E-state index contributed by atoms with van der Waals surface area (Å²) in [7, 11) is 0. The summed E-state index contributed by atoms with van der Waals surface area (Å²) < 4.78 is 19.2. The van der Waals surface area contributed by atoms with E-state index in [1.54, 1.807) is 12.1 Å². The number of ether oxygens (including phenoxy) is 1. The third kappa shape index (κ3) is 5.16. The Kier molecular flexibility index (Phi) is 6.28. The molecule has 3 amide bonds. The van der Waals surface area contributed by atoms with Gasteiger partial charge in [-0.1, -0.05) is 18.6 Å². The molecular weight excluding hydrogens is 385 g/mol. The molecule has 0 saturated carbocycles. The Morgan fingerprint density at radius 2 is 1.90 bits per heavy atom. The van der Waals surface area contributed by atoms with Crippen LogP contribution in [-0.2, 0) is 17.6 Å². The van der Waals surface area contributed by atoms with Gasteiger partial charge in [0, 0.05) is 12.5 Å². The van der Waals surface area contributed by atoms with E-state index < -0.39 is 12.1 Å². The summed E-state index contributed by atoms with van der Waals surface area (Å²) in [5.41, 5.74) is 1.99. The summed E-state index contributed by atoms with van der Waals surface area (Å²) in [6, 6.07) is 11.3. The van der Waals surface area contributed by atoms with Gasteiger partial charge in [0.05, 0.1) is 0 Å². The van der Waals surface area contributed by atoms with Crippen molar-refractivity contribution in [1.29, 1.82) is 0 Å². The fraction of sp³-hybridized carbons (Fsp3) is 0.391. The lowest BCUT2D eigenvalue weighted by Crippen LogP contribution is -2.34. The molecule has 0 radical (unpaired) electrons. The molecule has 2 unspecified atom stereocenters. The summed E-state index contributed by atoms with van der Waals surface area (Å²) in [6.45, 7) is 1.06. The first kappa shape index (κ1) is 20.3. The van der Waals surface area contributed by atoms with E-state index in [0.29, 0.717) is 18.2 Å². The molecule has 2 aliphatic rings. The average Bonchev–Trinajstić information content (AvgIpc) is 3.07. The highest BCUT2D eigenvalue weighted by Crippen LogP contribution is 2.29. The van der Waals surface area contributed by atoms with Crippen molar-refractivity contribution in [3.63, 3.8) is 0 Å². The minimum Gasteiger partial charge on any atom is -0.457 e. The molecule has 30 heavy (non-hydrogen) atoms. The van der Waals surface area contributed by atoms with E-state index in [0.717, 1.165) is 36.3 Å². The lowest BCUT2D eigenvalue weighted by Gasteiger charge is -2.24. The number of amides is 3. The highest BCUT2D eigenvalue weighted by Gasteiger charge is 2.29. The number of rotatable bonds is 7.